The number of rotatable bonds is 5. The smallest absolute Gasteiger partial charge is 0.412 e. The van der Waals surface area contributed by atoms with Gasteiger partial charge in [0.2, 0.25) is 0 Å². The maximum atomic E-state index is 14.0. The molecule has 3 aliphatic rings. The van der Waals surface area contributed by atoms with Crippen molar-refractivity contribution in [3.8, 4) is 0 Å². The van der Waals surface area contributed by atoms with Crippen molar-refractivity contribution in [2.24, 2.45) is 5.92 Å². The van der Waals surface area contributed by atoms with Gasteiger partial charge in [-0.05, 0) is 83.0 Å². The van der Waals surface area contributed by atoms with Crippen molar-refractivity contribution >= 4 is 23.6 Å². The van der Waals surface area contributed by atoms with E-state index in [0.29, 0.717) is 36.4 Å². The van der Waals surface area contributed by atoms with Crippen LogP contribution in [-0.2, 0) is 19.4 Å². The lowest BCUT2D eigenvalue weighted by Crippen LogP contribution is -2.47. The zero-order chi connectivity index (χ0) is 27.6. The molecule has 1 aromatic carbocycles. The number of anilines is 1. The number of hydrogen-bond donors (Lipinski definition) is 1. The molecule has 204 valence electrons. The van der Waals surface area contributed by atoms with Gasteiger partial charge in [-0.25, -0.2) is 4.79 Å². The molecule has 1 aromatic heterocycles. The number of aryl methyl sites for hydroxylation is 1. The summed E-state index contributed by atoms with van der Waals surface area (Å²) in [4.78, 5) is 35.4. The molecule has 1 aliphatic heterocycles. The molecule has 1 amide bonds. The van der Waals surface area contributed by atoms with Crippen molar-refractivity contribution in [1.29, 1.82) is 0 Å². The van der Waals surface area contributed by atoms with Crippen molar-refractivity contribution in [2.75, 3.05) is 18.0 Å². The van der Waals surface area contributed by atoms with Gasteiger partial charge in [0.25, 0.3) is 0 Å². The predicted molar refractivity (Wildman–Crippen MR) is 156 cm³/mol. The van der Waals surface area contributed by atoms with E-state index in [-0.39, 0.29) is 5.78 Å². The largest absolute Gasteiger partial charge is 0.465 e. The predicted octanol–water partition coefficient (Wildman–Crippen LogP) is 6.85. The van der Waals surface area contributed by atoms with Gasteiger partial charge in [0.05, 0.1) is 22.6 Å². The van der Waals surface area contributed by atoms with Gasteiger partial charge in [-0.3, -0.25) is 19.6 Å². The summed E-state index contributed by atoms with van der Waals surface area (Å²) in [6, 6.07) is 10.6. The highest BCUT2D eigenvalue weighted by molar-refractivity contribution is 6.16. The molecule has 2 aliphatic carbocycles. The van der Waals surface area contributed by atoms with E-state index in [2.05, 4.69) is 41.3 Å². The summed E-state index contributed by atoms with van der Waals surface area (Å²) in [6.07, 6.45) is 13.9. The first-order valence-corrected chi connectivity index (χ1v) is 14.1. The van der Waals surface area contributed by atoms with Gasteiger partial charge < -0.3 is 5.11 Å². The van der Waals surface area contributed by atoms with E-state index in [1.54, 1.807) is 0 Å². The highest BCUT2D eigenvalue weighted by atomic mass is 16.4. The molecular weight excluding hydrogens is 486 g/mol. The molecule has 0 unspecified atom stereocenters. The Hall–Kier alpha value is -3.51. The molecule has 5 rings (SSSR count). The van der Waals surface area contributed by atoms with Crippen LogP contribution in [0.2, 0.25) is 0 Å². The Labute approximate surface area is 231 Å². The monoisotopic (exact) mass is 525 g/mol. The van der Waals surface area contributed by atoms with Crippen LogP contribution in [-0.4, -0.2) is 45.5 Å². The lowest BCUT2D eigenvalue weighted by Gasteiger charge is -2.37. The average molecular weight is 526 g/mol. The third kappa shape index (κ3) is 5.91. The molecule has 6 nitrogen and oxygen atoms in total. The number of carbonyl (C=O) groups excluding carboxylic acids is 1. The number of likely N-dealkylation sites (tertiary alicyclic amines) is 1. The average Bonchev–Trinajstić information content (AvgIpc) is 3.14. The number of ketones is 1. The number of pyridine rings is 1. The molecule has 0 spiro atoms. The molecular formula is C33H39N3O3. The van der Waals surface area contributed by atoms with Crippen molar-refractivity contribution in [2.45, 2.75) is 71.4 Å². The van der Waals surface area contributed by atoms with Gasteiger partial charge in [-0.1, -0.05) is 60.7 Å². The van der Waals surface area contributed by atoms with Crippen molar-refractivity contribution in [1.82, 2.24) is 9.88 Å². The summed E-state index contributed by atoms with van der Waals surface area (Å²) in [7, 11) is 0. The number of fused-ring (bicyclic) bond motifs is 2. The Morgan fingerprint density at radius 2 is 1.85 bits per heavy atom. The van der Waals surface area contributed by atoms with Crippen molar-refractivity contribution in [3.05, 3.63) is 88.3 Å². The van der Waals surface area contributed by atoms with Crippen LogP contribution in [0.1, 0.15) is 79.3 Å². The Morgan fingerprint density at radius 3 is 2.54 bits per heavy atom. The van der Waals surface area contributed by atoms with Crippen LogP contribution in [0, 0.1) is 5.92 Å². The third-order valence-electron chi connectivity index (χ3n) is 8.07. The fourth-order valence-electron chi connectivity index (χ4n) is 6.05. The second-order valence-corrected chi connectivity index (χ2v) is 11.9. The number of hydrogen-bond acceptors (Lipinski definition) is 4. The van der Waals surface area contributed by atoms with Gasteiger partial charge >= 0.3 is 6.09 Å². The van der Waals surface area contributed by atoms with E-state index in [1.165, 1.54) is 10.5 Å². The number of nitrogens with zero attached hydrogens (tertiary/aromatic N) is 3. The number of carbonyl (C=O) groups is 2. The standard InChI is InChI=1S/C33H39N3O3/c1-33(2,3)36(32(38)39)30-26-12-8-5-9-13-27(26)34-28-17-16-25(31(37)29(28)30)15-14-23-18-20-35(21-19-23)22-24-10-6-4-7-11-24/h4-12,15,23H,13-14,16-22H2,1-3H3,(H,38,39). The summed E-state index contributed by atoms with van der Waals surface area (Å²) in [5, 5.41) is 10.3. The molecule has 1 fully saturated rings. The maximum Gasteiger partial charge on any atom is 0.412 e. The fourth-order valence-corrected chi connectivity index (χ4v) is 6.05. The molecule has 6 heteroatoms. The number of Topliss-reactive ketones (excluding diaryl/α,β-unsaturated/α-hetero) is 1. The summed E-state index contributed by atoms with van der Waals surface area (Å²) in [5.74, 6) is 0.492. The van der Waals surface area contributed by atoms with Crippen LogP contribution in [0.3, 0.4) is 0 Å². The van der Waals surface area contributed by atoms with Gasteiger partial charge in [0.1, 0.15) is 0 Å². The van der Waals surface area contributed by atoms with Crippen LogP contribution in [0.25, 0.3) is 6.08 Å². The minimum atomic E-state index is -1.06. The van der Waals surface area contributed by atoms with Crippen LogP contribution < -0.4 is 4.90 Å². The summed E-state index contributed by atoms with van der Waals surface area (Å²) < 4.78 is 0. The molecule has 0 radical (unpaired) electrons. The Kier molecular flexibility index (Phi) is 7.85. The molecule has 0 bridgehead atoms. The topological polar surface area (TPSA) is 73.7 Å². The molecule has 39 heavy (non-hydrogen) atoms. The van der Waals surface area contributed by atoms with E-state index in [0.717, 1.165) is 61.4 Å². The van der Waals surface area contributed by atoms with Crippen molar-refractivity contribution in [3.63, 3.8) is 0 Å². The zero-order valence-electron chi connectivity index (χ0n) is 23.3. The number of amides is 1. The summed E-state index contributed by atoms with van der Waals surface area (Å²) >= 11 is 0. The Morgan fingerprint density at radius 1 is 1.10 bits per heavy atom. The van der Waals surface area contributed by atoms with E-state index in [9.17, 15) is 14.7 Å². The fraction of sp³-hybridized carbons (Fsp3) is 0.424. The molecule has 2 aromatic rings. The molecule has 2 heterocycles. The highest BCUT2D eigenvalue weighted by Crippen LogP contribution is 2.40. The van der Waals surface area contributed by atoms with Crippen LogP contribution in [0.5, 0.6) is 0 Å². The molecule has 0 atom stereocenters. The maximum absolute atomic E-state index is 14.0. The lowest BCUT2D eigenvalue weighted by molar-refractivity contribution is 0.102. The molecule has 0 saturated carbocycles. The van der Waals surface area contributed by atoms with E-state index in [4.69, 9.17) is 4.98 Å². The van der Waals surface area contributed by atoms with Gasteiger partial charge in [0.15, 0.2) is 5.78 Å². The van der Waals surface area contributed by atoms with Crippen LogP contribution in [0.15, 0.2) is 60.2 Å². The van der Waals surface area contributed by atoms with Gasteiger partial charge in [-0.2, -0.15) is 0 Å². The molecule has 1 saturated heterocycles. The SMILES string of the molecule is CC(C)(C)N(C(=O)O)c1c2c(nc3c1C(=O)C(=CCC1CCN(Cc4ccccc4)CC1)CC3)CC=CC=C2. The van der Waals surface area contributed by atoms with Gasteiger partial charge in [0, 0.05) is 24.1 Å². The minimum Gasteiger partial charge on any atom is -0.465 e. The normalized spacial score (nSPS) is 19.1. The number of carboxylic acid groups (broad SMARTS) is 1. The Bertz CT molecular complexity index is 1330. The van der Waals surface area contributed by atoms with Gasteiger partial charge in [-0.15, -0.1) is 0 Å². The van der Waals surface area contributed by atoms with E-state index in [1.807, 2.05) is 45.1 Å². The van der Waals surface area contributed by atoms with Crippen LogP contribution in [0.4, 0.5) is 10.5 Å². The number of allylic oxidation sites excluding steroid dienone is 5. The first-order valence-electron chi connectivity index (χ1n) is 14.1. The summed E-state index contributed by atoms with van der Waals surface area (Å²) in [5.41, 5.74) is 4.66. The van der Waals surface area contributed by atoms with Crippen molar-refractivity contribution < 1.29 is 14.7 Å². The number of piperidine rings is 1. The first kappa shape index (κ1) is 27.1. The minimum absolute atomic E-state index is 0.0656. The molecule has 1 N–H and O–H groups in total. The Balaban J connectivity index is 1.38. The zero-order valence-corrected chi connectivity index (χ0v) is 23.3. The lowest BCUT2D eigenvalue weighted by atomic mass is 9.84. The van der Waals surface area contributed by atoms with E-state index >= 15 is 0 Å². The summed E-state index contributed by atoms with van der Waals surface area (Å²) in [6.45, 7) is 8.73. The highest BCUT2D eigenvalue weighted by Gasteiger charge is 2.38. The third-order valence-corrected chi connectivity index (χ3v) is 8.07. The quantitative estimate of drug-likeness (QED) is 0.432. The van der Waals surface area contributed by atoms with Crippen LogP contribution >= 0.6 is 0 Å². The number of aromatic nitrogens is 1. The van der Waals surface area contributed by atoms with E-state index < -0.39 is 11.6 Å². The number of benzene rings is 1. The second kappa shape index (κ2) is 11.3. The second-order valence-electron chi connectivity index (χ2n) is 11.9. The first-order chi connectivity index (χ1) is 18.7.